The van der Waals surface area contributed by atoms with E-state index in [4.69, 9.17) is 12.6 Å². The lowest BCUT2D eigenvalue weighted by Gasteiger charge is -2.34. The largest absolute Gasteiger partial charge is 0.351 e. The molecule has 1 heterocycles. The van der Waals surface area contributed by atoms with Crippen molar-refractivity contribution in [1.82, 2.24) is 4.90 Å². The van der Waals surface area contributed by atoms with Gasteiger partial charge in [-0.1, -0.05) is 42.5 Å². The Balaban J connectivity index is 1.85. The summed E-state index contributed by atoms with van der Waals surface area (Å²) in [6.45, 7) is 5.45. The van der Waals surface area contributed by atoms with Crippen molar-refractivity contribution in [1.29, 1.82) is 0 Å². The third-order valence-electron chi connectivity index (χ3n) is 5.93. The van der Waals surface area contributed by atoms with Gasteiger partial charge in [-0.25, -0.2) is 0 Å². The molecule has 2 aliphatic rings. The minimum atomic E-state index is -0.758. The number of hydrogen-bond donors (Lipinski definition) is 0. The molecular weight excluding hydrogens is 337 g/mol. The van der Waals surface area contributed by atoms with Crippen molar-refractivity contribution in [3.8, 4) is 0 Å². The molecule has 0 bridgehead atoms. The molecular formula is C22H28BNO3. The number of amides is 1. The van der Waals surface area contributed by atoms with E-state index in [-0.39, 0.29) is 29.8 Å². The summed E-state index contributed by atoms with van der Waals surface area (Å²) in [4.78, 5) is 26.0. The van der Waals surface area contributed by atoms with Gasteiger partial charge in [0.05, 0.1) is 12.1 Å². The SMILES string of the molecule is [B]C(=O)N1C(Cc2ccccc2)C(CC2CC=CCC2C(C)=O)OC1(C)C. The number of hydrogen-bond acceptors (Lipinski definition) is 3. The molecule has 4 atom stereocenters. The molecule has 1 aromatic carbocycles. The van der Waals surface area contributed by atoms with E-state index in [9.17, 15) is 9.59 Å². The van der Waals surface area contributed by atoms with E-state index in [0.29, 0.717) is 6.42 Å². The molecule has 0 N–H and O–H groups in total. The highest BCUT2D eigenvalue weighted by Gasteiger charge is 2.49. The van der Waals surface area contributed by atoms with Crippen LogP contribution in [0.15, 0.2) is 42.5 Å². The molecule has 1 amide bonds. The Morgan fingerprint density at radius 3 is 2.48 bits per heavy atom. The Morgan fingerprint density at radius 2 is 1.85 bits per heavy atom. The molecule has 27 heavy (non-hydrogen) atoms. The van der Waals surface area contributed by atoms with E-state index >= 15 is 0 Å². The number of carbonyl (C=O) groups is 2. The smallest absolute Gasteiger partial charge is 0.200 e. The van der Waals surface area contributed by atoms with Gasteiger partial charge in [0.25, 0.3) is 0 Å². The molecule has 5 heteroatoms. The quantitative estimate of drug-likeness (QED) is 0.588. The van der Waals surface area contributed by atoms with Crippen LogP contribution in [0.5, 0.6) is 0 Å². The summed E-state index contributed by atoms with van der Waals surface area (Å²) in [5.74, 6) is 0.0316. The predicted molar refractivity (Wildman–Crippen MR) is 107 cm³/mol. The van der Waals surface area contributed by atoms with Gasteiger partial charge < -0.3 is 9.64 Å². The van der Waals surface area contributed by atoms with Gasteiger partial charge in [-0.3, -0.25) is 9.59 Å². The lowest BCUT2D eigenvalue weighted by Crippen LogP contribution is -2.49. The van der Waals surface area contributed by atoms with Crippen molar-refractivity contribution in [2.75, 3.05) is 0 Å². The monoisotopic (exact) mass is 365 g/mol. The number of ketones is 1. The van der Waals surface area contributed by atoms with Crippen molar-refractivity contribution in [3.63, 3.8) is 0 Å². The number of Topliss-reactive ketones (excluding diaryl/α,β-unsaturated/α-hetero) is 1. The Labute approximate surface area is 163 Å². The highest BCUT2D eigenvalue weighted by atomic mass is 16.5. The zero-order valence-electron chi connectivity index (χ0n) is 16.4. The second kappa shape index (κ2) is 8.01. The van der Waals surface area contributed by atoms with Gasteiger partial charge in [-0.15, -0.1) is 0 Å². The van der Waals surface area contributed by atoms with Crippen LogP contribution < -0.4 is 0 Å². The molecule has 0 aromatic heterocycles. The van der Waals surface area contributed by atoms with Crippen molar-refractivity contribution in [3.05, 3.63) is 48.0 Å². The first-order valence-electron chi connectivity index (χ1n) is 9.75. The number of carbonyl (C=O) groups excluding carboxylic acids is 2. The summed E-state index contributed by atoms with van der Waals surface area (Å²) < 4.78 is 6.33. The normalized spacial score (nSPS) is 29.7. The summed E-state index contributed by atoms with van der Waals surface area (Å²) >= 11 is 0. The molecule has 1 aliphatic carbocycles. The van der Waals surface area contributed by atoms with Gasteiger partial charge in [0.2, 0.25) is 7.85 Å². The lowest BCUT2D eigenvalue weighted by atomic mass is 9.76. The van der Waals surface area contributed by atoms with E-state index in [1.807, 2.05) is 32.0 Å². The summed E-state index contributed by atoms with van der Waals surface area (Å²) in [5.41, 5.74) is 0.387. The van der Waals surface area contributed by atoms with Gasteiger partial charge in [0.1, 0.15) is 11.5 Å². The van der Waals surface area contributed by atoms with Crippen molar-refractivity contribution >= 4 is 19.4 Å². The van der Waals surface area contributed by atoms with Crippen LogP contribution >= 0.6 is 0 Å². The van der Waals surface area contributed by atoms with Crippen LogP contribution in [0.3, 0.4) is 0 Å². The summed E-state index contributed by atoms with van der Waals surface area (Å²) in [6.07, 6.45) is 7.20. The van der Waals surface area contributed by atoms with E-state index < -0.39 is 11.5 Å². The van der Waals surface area contributed by atoms with Gasteiger partial charge in [-0.05, 0) is 57.9 Å². The molecule has 1 saturated heterocycles. The first kappa shape index (κ1) is 19.9. The number of benzene rings is 1. The van der Waals surface area contributed by atoms with Crippen LogP contribution in [0.4, 0.5) is 4.79 Å². The minimum absolute atomic E-state index is 0.0294. The molecule has 2 radical (unpaired) electrons. The van der Waals surface area contributed by atoms with Gasteiger partial charge >= 0.3 is 0 Å². The van der Waals surface area contributed by atoms with Crippen molar-refractivity contribution in [2.45, 2.75) is 64.3 Å². The fraction of sp³-hybridized carbons (Fsp3) is 0.545. The van der Waals surface area contributed by atoms with Crippen LogP contribution in [-0.4, -0.2) is 42.2 Å². The van der Waals surface area contributed by atoms with Crippen molar-refractivity contribution < 1.29 is 14.3 Å². The van der Waals surface area contributed by atoms with Gasteiger partial charge in [-0.2, -0.15) is 0 Å². The Morgan fingerprint density at radius 1 is 1.19 bits per heavy atom. The molecule has 4 unspecified atom stereocenters. The molecule has 1 aliphatic heterocycles. The van der Waals surface area contributed by atoms with Crippen molar-refractivity contribution in [2.24, 2.45) is 11.8 Å². The van der Waals surface area contributed by atoms with Crippen LogP contribution in [-0.2, 0) is 16.0 Å². The first-order chi connectivity index (χ1) is 12.8. The summed E-state index contributed by atoms with van der Waals surface area (Å²) in [5, 5.41) is 0. The molecule has 0 saturated carbocycles. The average Bonchev–Trinajstić information content (AvgIpc) is 2.85. The zero-order chi connectivity index (χ0) is 19.6. The first-order valence-corrected chi connectivity index (χ1v) is 9.75. The number of rotatable bonds is 5. The number of nitrogens with zero attached hydrogens (tertiary/aromatic N) is 1. The third kappa shape index (κ3) is 4.35. The maximum atomic E-state index is 12.2. The highest BCUT2D eigenvalue weighted by Crippen LogP contribution is 2.40. The van der Waals surface area contributed by atoms with Crippen LogP contribution in [0.2, 0.25) is 0 Å². The highest BCUT2D eigenvalue weighted by molar-refractivity contribution is 6.57. The van der Waals surface area contributed by atoms with Crippen LogP contribution in [0.25, 0.3) is 0 Å². The summed E-state index contributed by atoms with van der Waals surface area (Å²) in [6, 6.07) is 9.95. The van der Waals surface area contributed by atoms with E-state index in [1.54, 1.807) is 11.8 Å². The Kier molecular flexibility index (Phi) is 5.90. The number of ether oxygens (including phenoxy) is 1. The standard InChI is InChI=1S/C22H28BNO3/c1-15(25)18-12-8-7-11-17(18)14-20-19(13-16-9-5-4-6-10-16)24(21(23)26)22(2,3)27-20/h4-10,17-20H,11-14H2,1-3H3. The van der Waals surface area contributed by atoms with Crippen LogP contribution in [0.1, 0.15) is 45.6 Å². The second-order valence-corrected chi connectivity index (χ2v) is 8.22. The Hall–Kier alpha value is -1.88. The molecule has 142 valence electrons. The molecule has 4 nitrogen and oxygen atoms in total. The van der Waals surface area contributed by atoms with Gasteiger partial charge in [0, 0.05) is 5.92 Å². The van der Waals surface area contributed by atoms with E-state index in [1.165, 1.54) is 0 Å². The maximum absolute atomic E-state index is 12.2. The second-order valence-electron chi connectivity index (χ2n) is 8.22. The average molecular weight is 365 g/mol. The summed E-state index contributed by atoms with van der Waals surface area (Å²) in [7, 11) is 5.73. The van der Waals surface area contributed by atoms with Crippen LogP contribution in [0, 0.1) is 11.8 Å². The zero-order valence-corrected chi connectivity index (χ0v) is 16.4. The Bertz CT molecular complexity index is 716. The fourth-order valence-electron chi connectivity index (χ4n) is 4.71. The molecule has 1 aromatic rings. The molecule has 1 fully saturated rings. The number of allylic oxidation sites excluding steroid dienone is 2. The topological polar surface area (TPSA) is 46.6 Å². The third-order valence-corrected chi connectivity index (χ3v) is 5.93. The van der Waals surface area contributed by atoms with E-state index in [2.05, 4.69) is 24.3 Å². The van der Waals surface area contributed by atoms with E-state index in [0.717, 1.165) is 24.8 Å². The maximum Gasteiger partial charge on any atom is 0.200 e. The lowest BCUT2D eigenvalue weighted by molar-refractivity contribution is -0.123. The van der Waals surface area contributed by atoms with Gasteiger partial charge in [0.15, 0.2) is 5.81 Å². The minimum Gasteiger partial charge on any atom is -0.351 e. The fourth-order valence-corrected chi connectivity index (χ4v) is 4.71. The predicted octanol–water partition coefficient (Wildman–Crippen LogP) is 3.88. The molecule has 3 rings (SSSR count). The molecule has 0 spiro atoms.